The predicted molar refractivity (Wildman–Crippen MR) is 108 cm³/mol. The van der Waals surface area contributed by atoms with Crippen LogP contribution in [0.15, 0.2) is 54.6 Å². The molecule has 1 aliphatic heterocycles. The molecule has 4 rings (SSSR count). The Morgan fingerprint density at radius 2 is 1.54 bits per heavy atom. The van der Waals surface area contributed by atoms with Crippen LogP contribution in [0.5, 0.6) is 0 Å². The monoisotopic (exact) mass is 406 g/mol. The summed E-state index contributed by atoms with van der Waals surface area (Å²) in [5.41, 5.74) is 2.82. The standard InChI is InChI=1S/C20H23ClN2.BrH/c21-18-6-8-19(9-7-18)23-12-10-22(11-13-23)15-17-14-20(17)16-4-2-1-3-5-16;/h1-9,17,20H,10-15H2;1H. The number of halogens is 2. The lowest BCUT2D eigenvalue weighted by Gasteiger charge is -2.36. The van der Waals surface area contributed by atoms with Crippen LogP contribution in [0.25, 0.3) is 0 Å². The summed E-state index contributed by atoms with van der Waals surface area (Å²) in [6.45, 7) is 5.82. The molecule has 1 aliphatic carbocycles. The second-order valence-electron chi connectivity index (χ2n) is 6.78. The van der Waals surface area contributed by atoms with Gasteiger partial charge < -0.3 is 4.90 Å². The molecule has 4 heteroatoms. The summed E-state index contributed by atoms with van der Waals surface area (Å²) in [4.78, 5) is 5.11. The second kappa shape index (κ2) is 7.90. The minimum absolute atomic E-state index is 0. The number of anilines is 1. The maximum Gasteiger partial charge on any atom is 0.0407 e. The van der Waals surface area contributed by atoms with Gasteiger partial charge in [0.2, 0.25) is 0 Å². The highest BCUT2D eigenvalue weighted by Gasteiger charge is 2.39. The molecule has 2 fully saturated rings. The zero-order chi connectivity index (χ0) is 15.6. The molecule has 0 radical (unpaired) electrons. The van der Waals surface area contributed by atoms with Crippen molar-refractivity contribution < 1.29 is 0 Å². The Bertz CT molecular complexity index is 638. The van der Waals surface area contributed by atoms with E-state index in [1.54, 1.807) is 0 Å². The normalized spacial score (nSPS) is 23.6. The van der Waals surface area contributed by atoms with Gasteiger partial charge in [-0.3, -0.25) is 4.90 Å². The number of piperazine rings is 1. The topological polar surface area (TPSA) is 6.48 Å². The van der Waals surface area contributed by atoms with Gasteiger partial charge in [-0.05, 0) is 48.1 Å². The van der Waals surface area contributed by atoms with Gasteiger partial charge in [0, 0.05) is 43.4 Å². The summed E-state index contributed by atoms with van der Waals surface area (Å²) < 4.78 is 0. The lowest BCUT2D eigenvalue weighted by molar-refractivity contribution is 0.246. The number of hydrogen-bond donors (Lipinski definition) is 0. The van der Waals surface area contributed by atoms with Gasteiger partial charge in [-0.2, -0.15) is 0 Å². The molecule has 0 amide bonds. The predicted octanol–water partition coefficient (Wildman–Crippen LogP) is 4.84. The zero-order valence-corrected chi connectivity index (χ0v) is 16.2. The van der Waals surface area contributed by atoms with Gasteiger partial charge in [-0.15, -0.1) is 17.0 Å². The van der Waals surface area contributed by atoms with E-state index in [1.807, 2.05) is 12.1 Å². The van der Waals surface area contributed by atoms with Crippen LogP contribution < -0.4 is 4.90 Å². The second-order valence-corrected chi connectivity index (χ2v) is 7.21. The summed E-state index contributed by atoms with van der Waals surface area (Å²) in [7, 11) is 0. The first kappa shape index (κ1) is 17.8. The van der Waals surface area contributed by atoms with Crippen LogP contribution >= 0.6 is 28.6 Å². The van der Waals surface area contributed by atoms with E-state index >= 15 is 0 Å². The molecule has 2 aromatic carbocycles. The lowest BCUT2D eigenvalue weighted by atomic mass is 10.1. The molecular weight excluding hydrogens is 384 g/mol. The minimum atomic E-state index is 0. The first-order valence-electron chi connectivity index (χ1n) is 8.57. The van der Waals surface area contributed by atoms with Crippen molar-refractivity contribution in [2.75, 3.05) is 37.6 Å². The third kappa shape index (κ3) is 4.14. The van der Waals surface area contributed by atoms with Crippen LogP contribution in [0.3, 0.4) is 0 Å². The fourth-order valence-electron chi connectivity index (χ4n) is 3.73. The van der Waals surface area contributed by atoms with Crippen molar-refractivity contribution in [3.63, 3.8) is 0 Å². The quantitative estimate of drug-likeness (QED) is 0.715. The summed E-state index contributed by atoms with van der Waals surface area (Å²) in [6, 6.07) is 19.2. The van der Waals surface area contributed by atoms with Crippen molar-refractivity contribution in [2.45, 2.75) is 12.3 Å². The first-order valence-corrected chi connectivity index (χ1v) is 8.95. The molecule has 0 aromatic heterocycles. The Labute approximate surface area is 160 Å². The van der Waals surface area contributed by atoms with E-state index in [2.05, 4.69) is 52.3 Å². The number of benzene rings is 2. The lowest BCUT2D eigenvalue weighted by Crippen LogP contribution is -2.47. The van der Waals surface area contributed by atoms with Crippen LogP contribution in [0, 0.1) is 5.92 Å². The fourth-order valence-corrected chi connectivity index (χ4v) is 3.86. The number of nitrogens with zero attached hydrogens (tertiary/aromatic N) is 2. The molecule has 0 bridgehead atoms. The third-order valence-corrected chi connectivity index (χ3v) is 5.46. The molecule has 2 aliphatic rings. The Hall–Kier alpha value is -1.03. The van der Waals surface area contributed by atoms with Crippen LogP contribution in [0.2, 0.25) is 5.02 Å². The highest BCUT2D eigenvalue weighted by atomic mass is 79.9. The van der Waals surface area contributed by atoms with Gasteiger partial charge in [0.15, 0.2) is 0 Å². The molecule has 2 aromatic rings. The molecule has 2 atom stereocenters. The average molecular weight is 408 g/mol. The van der Waals surface area contributed by atoms with Crippen molar-refractivity contribution in [1.82, 2.24) is 4.90 Å². The molecule has 24 heavy (non-hydrogen) atoms. The van der Waals surface area contributed by atoms with Gasteiger partial charge in [0.05, 0.1) is 0 Å². The van der Waals surface area contributed by atoms with Gasteiger partial charge in [0.1, 0.15) is 0 Å². The SMILES string of the molecule is Br.Clc1ccc(N2CCN(CC3CC3c3ccccc3)CC2)cc1. The van der Waals surface area contributed by atoms with E-state index in [1.165, 1.54) is 37.3 Å². The third-order valence-electron chi connectivity index (χ3n) is 5.21. The number of rotatable bonds is 4. The van der Waals surface area contributed by atoms with Gasteiger partial charge in [0.25, 0.3) is 0 Å². The van der Waals surface area contributed by atoms with Crippen LogP contribution in [-0.2, 0) is 0 Å². The van der Waals surface area contributed by atoms with Crippen molar-refractivity contribution in [2.24, 2.45) is 5.92 Å². The molecule has 2 nitrogen and oxygen atoms in total. The Balaban J connectivity index is 0.00000169. The van der Waals surface area contributed by atoms with E-state index in [0.29, 0.717) is 0 Å². The van der Waals surface area contributed by atoms with Crippen LogP contribution in [-0.4, -0.2) is 37.6 Å². The van der Waals surface area contributed by atoms with Crippen LogP contribution in [0.1, 0.15) is 17.9 Å². The fraction of sp³-hybridized carbons (Fsp3) is 0.400. The Morgan fingerprint density at radius 3 is 2.21 bits per heavy atom. The van der Waals surface area contributed by atoms with Gasteiger partial charge >= 0.3 is 0 Å². The van der Waals surface area contributed by atoms with Crippen molar-refractivity contribution >= 4 is 34.3 Å². The molecule has 128 valence electrons. The highest BCUT2D eigenvalue weighted by molar-refractivity contribution is 8.93. The van der Waals surface area contributed by atoms with E-state index < -0.39 is 0 Å². The Kier molecular flexibility index (Phi) is 5.85. The van der Waals surface area contributed by atoms with E-state index in [-0.39, 0.29) is 17.0 Å². The number of hydrogen-bond acceptors (Lipinski definition) is 2. The van der Waals surface area contributed by atoms with Crippen molar-refractivity contribution in [3.05, 3.63) is 65.2 Å². The van der Waals surface area contributed by atoms with E-state index in [0.717, 1.165) is 29.9 Å². The first-order chi connectivity index (χ1) is 11.3. The van der Waals surface area contributed by atoms with Gasteiger partial charge in [-0.25, -0.2) is 0 Å². The maximum atomic E-state index is 5.98. The molecule has 0 spiro atoms. The molecule has 0 N–H and O–H groups in total. The summed E-state index contributed by atoms with van der Waals surface area (Å²) in [6.07, 6.45) is 1.36. The largest absolute Gasteiger partial charge is 0.369 e. The smallest absolute Gasteiger partial charge is 0.0407 e. The molecular formula is C20H24BrClN2. The molecule has 2 unspecified atom stereocenters. The summed E-state index contributed by atoms with van der Waals surface area (Å²) >= 11 is 5.98. The van der Waals surface area contributed by atoms with E-state index in [4.69, 9.17) is 11.6 Å². The summed E-state index contributed by atoms with van der Waals surface area (Å²) in [5, 5.41) is 0.813. The molecule has 1 saturated carbocycles. The molecule has 1 saturated heterocycles. The summed E-state index contributed by atoms with van der Waals surface area (Å²) in [5.74, 6) is 1.66. The van der Waals surface area contributed by atoms with E-state index in [9.17, 15) is 0 Å². The van der Waals surface area contributed by atoms with Gasteiger partial charge in [-0.1, -0.05) is 41.9 Å². The van der Waals surface area contributed by atoms with Crippen molar-refractivity contribution in [3.8, 4) is 0 Å². The zero-order valence-electron chi connectivity index (χ0n) is 13.8. The molecule has 1 heterocycles. The highest BCUT2D eigenvalue weighted by Crippen LogP contribution is 2.47. The minimum Gasteiger partial charge on any atom is -0.369 e. The maximum absolute atomic E-state index is 5.98. The Morgan fingerprint density at radius 1 is 0.875 bits per heavy atom. The average Bonchev–Trinajstić information content (AvgIpc) is 3.36. The van der Waals surface area contributed by atoms with Crippen molar-refractivity contribution in [1.29, 1.82) is 0 Å². The van der Waals surface area contributed by atoms with Crippen LogP contribution in [0.4, 0.5) is 5.69 Å².